The van der Waals surface area contributed by atoms with Gasteiger partial charge in [0.2, 0.25) is 0 Å². The monoisotopic (exact) mass is 217 g/mol. The lowest BCUT2D eigenvalue weighted by Crippen LogP contribution is -2.23. The van der Waals surface area contributed by atoms with Gasteiger partial charge in [-0.3, -0.25) is 4.90 Å². The van der Waals surface area contributed by atoms with E-state index in [0.29, 0.717) is 0 Å². The summed E-state index contributed by atoms with van der Waals surface area (Å²) < 4.78 is 5.12. The fourth-order valence-electron chi connectivity index (χ4n) is 1.56. The van der Waals surface area contributed by atoms with E-state index in [1.165, 1.54) is 5.56 Å². The van der Waals surface area contributed by atoms with Gasteiger partial charge in [0.15, 0.2) is 0 Å². The molecule has 0 aliphatic rings. The molecule has 0 fully saturated rings. The SMILES string of the molecule is C=CCN(CC=C)Cc1ccc(OC)cc1. The Morgan fingerprint density at radius 1 is 1.12 bits per heavy atom. The van der Waals surface area contributed by atoms with Crippen LogP contribution in [0, 0.1) is 0 Å². The van der Waals surface area contributed by atoms with E-state index in [1.807, 2.05) is 24.3 Å². The van der Waals surface area contributed by atoms with Crippen molar-refractivity contribution in [1.29, 1.82) is 0 Å². The number of nitrogens with zero attached hydrogens (tertiary/aromatic N) is 1. The second-order valence-electron chi connectivity index (χ2n) is 3.62. The lowest BCUT2D eigenvalue weighted by Gasteiger charge is -2.18. The molecular formula is C14H19NO. The Bertz CT molecular complexity index is 319. The van der Waals surface area contributed by atoms with E-state index in [2.05, 4.69) is 30.2 Å². The fraction of sp³-hybridized carbons (Fsp3) is 0.286. The van der Waals surface area contributed by atoms with Gasteiger partial charge in [0, 0.05) is 19.6 Å². The van der Waals surface area contributed by atoms with Crippen LogP contribution in [0.4, 0.5) is 0 Å². The Labute approximate surface area is 97.8 Å². The third kappa shape index (κ3) is 3.91. The Morgan fingerprint density at radius 3 is 2.12 bits per heavy atom. The first-order valence-electron chi connectivity index (χ1n) is 5.37. The summed E-state index contributed by atoms with van der Waals surface area (Å²) >= 11 is 0. The molecule has 0 spiro atoms. The van der Waals surface area contributed by atoms with E-state index in [4.69, 9.17) is 4.74 Å². The predicted molar refractivity (Wildman–Crippen MR) is 68.7 cm³/mol. The quantitative estimate of drug-likeness (QED) is 0.651. The van der Waals surface area contributed by atoms with Crippen LogP contribution in [0.15, 0.2) is 49.6 Å². The van der Waals surface area contributed by atoms with Crippen molar-refractivity contribution in [3.8, 4) is 5.75 Å². The van der Waals surface area contributed by atoms with Crippen molar-refractivity contribution in [2.24, 2.45) is 0 Å². The van der Waals surface area contributed by atoms with E-state index in [9.17, 15) is 0 Å². The highest BCUT2D eigenvalue weighted by molar-refractivity contribution is 5.27. The van der Waals surface area contributed by atoms with Gasteiger partial charge in [-0.25, -0.2) is 0 Å². The van der Waals surface area contributed by atoms with Crippen LogP contribution in [0.2, 0.25) is 0 Å². The van der Waals surface area contributed by atoms with Crippen LogP contribution in [0.25, 0.3) is 0 Å². The van der Waals surface area contributed by atoms with Gasteiger partial charge in [0.05, 0.1) is 7.11 Å². The Kier molecular flexibility index (Phi) is 5.37. The number of hydrogen-bond acceptors (Lipinski definition) is 2. The van der Waals surface area contributed by atoms with E-state index in [1.54, 1.807) is 7.11 Å². The zero-order valence-electron chi connectivity index (χ0n) is 9.86. The Morgan fingerprint density at radius 2 is 1.69 bits per heavy atom. The number of hydrogen-bond donors (Lipinski definition) is 0. The van der Waals surface area contributed by atoms with Gasteiger partial charge >= 0.3 is 0 Å². The van der Waals surface area contributed by atoms with Crippen LogP contribution in [0.5, 0.6) is 5.75 Å². The molecule has 0 aliphatic heterocycles. The lowest BCUT2D eigenvalue weighted by molar-refractivity contribution is 0.327. The number of rotatable bonds is 7. The van der Waals surface area contributed by atoms with Crippen molar-refractivity contribution in [3.05, 3.63) is 55.1 Å². The molecule has 0 aliphatic carbocycles. The molecule has 0 radical (unpaired) electrons. The minimum Gasteiger partial charge on any atom is -0.497 e. The molecule has 16 heavy (non-hydrogen) atoms. The van der Waals surface area contributed by atoms with Crippen LogP contribution < -0.4 is 4.74 Å². The van der Waals surface area contributed by atoms with E-state index < -0.39 is 0 Å². The molecule has 0 atom stereocenters. The molecule has 2 nitrogen and oxygen atoms in total. The summed E-state index contributed by atoms with van der Waals surface area (Å²) in [5.41, 5.74) is 1.27. The van der Waals surface area contributed by atoms with Crippen LogP contribution in [0.1, 0.15) is 5.56 Å². The highest BCUT2D eigenvalue weighted by atomic mass is 16.5. The first kappa shape index (κ1) is 12.5. The van der Waals surface area contributed by atoms with Crippen LogP contribution in [-0.4, -0.2) is 25.1 Å². The van der Waals surface area contributed by atoms with Gasteiger partial charge in [-0.2, -0.15) is 0 Å². The minimum atomic E-state index is 0.873. The van der Waals surface area contributed by atoms with Gasteiger partial charge in [-0.1, -0.05) is 24.3 Å². The first-order valence-corrected chi connectivity index (χ1v) is 5.37. The maximum atomic E-state index is 5.12. The first-order chi connectivity index (χ1) is 7.80. The third-order valence-corrected chi connectivity index (χ3v) is 2.34. The standard InChI is InChI=1S/C14H19NO/c1-4-10-15(11-5-2)12-13-6-8-14(16-3)9-7-13/h4-9H,1-2,10-12H2,3H3. The maximum absolute atomic E-state index is 5.12. The Balaban J connectivity index is 2.61. The molecule has 1 aromatic rings. The van der Waals surface area contributed by atoms with Crippen LogP contribution in [-0.2, 0) is 6.54 Å². The van der Waals surface area contributed by atoms with Crippen molar-refractivity contribution >= 4 is 0 Å². The van der Waals surface area contributed by atoms with E-state index >= 15 is 0 Å². The van der Waals surface area contributed by atoms with Gasteiger partial charge in [-0.05, 0) is 17.7 Å². The predicted octanol–water partition coefficient (Wildman–Crippen LogP) is 2.87. The number of ether oxygens (including phenoxy) is 1. The molecule has 0 bridgehead atoms. The molecule has 0 saturated carbocycles. The van der Waals surface area contributed by atoms with Gasteiger partial charge < -0.3 is 4.74 Å². The average molecular weight is 217 g/mol. The summed E-state index contributed by atoms with van der Waals surface area (Å²) in [6, 6.07) is 8.13. The molecule has 0 saturated heterocycles. The van der Waals surface area contributed by atoms with E-state index in [0.717, 1.165) is 25.4 Å². The summed E-state index contributed by atoms with van der Waals surface area (Å²) in [5.74, 6) is 0.891. The third-order valence-electron chi connectivity index (χ3n) is 2.34. The van der Waals surface area contributed by atoms with Gasteiger partial charge in [-0.15, -0.1) is 13.2 Å². The molecule has 1 rings (SSSR count). The van der Waals surface area contributed by atoms with Gasteiger partial charge in [0.25, 0.3) is 0 Å². The summed E-state index contributed by atoms with van der Waals surface area (Å²) in [6.07, 6.45) is 3.82. The van der Waals surface area contributed by atoms with Crippen molar-refractivity contribution in [3.63, 3.8) is 0 Å². The van der Waals surface area contributed by atoms with Crippen molar-refractivity contribution < 1.29 is 4.74 Å². The molecule has 2 heteroatoms. The molecule has 0 amide bonds. The highest BCUT2D eigenvalue weighted by Gasteiger charge is 2.02. The zero-order valence-corrected chi connectivity index (χ0v) is 9.86. The molecule has 0 N–H and O–H groups in total. The van der Waals surface area contributed by atoms with E-state index in [-0.39, 0.29) is 0 Å². The van der Waals surface area contributed by atoms with Crippen LogP contribution in [0.3, 0.4) is 0 Å². The summed E-state index contributed by atoms with van der Waals surface area (Å²) in [5, 5.41) is 0. The zero-order chi connectivity index (χ0) is 11.8. The second kappa shape index (κ2) is 6.85. The lowest BCUT2D eigenvalue weighted by atomic mass is 10.2. The molecule has 0 unspecified atom stereocenters. The summed E-state index contributed by atoms with van der Waals surface area (Å²) in [7, 11) is 1.68. The Hall–Kier alpha value is -1.54. The molecular weight excluding hydrogens is 198 g/mol. The van der Waals surface area contributed by atoms with Crippen molar-refractivity contribution in [2.45, 2.75) is 6.54 Å². The topological polar surface area (TPSA) is 12.5 Å². The maximum Gasteiger partial charge on any atom is 0.118 e. The molecule has 0 heterocycles. The van der Waals surface area contributed by atoms with Crippen LogP contribution >= 0.6 is 0 Å². The number of methoxy groups -OCH3 is 1. The smallest absolute Gasteiger partial charge is 0.118 e. The molecule has 0 aromatic heterocycles. The number of benzene rings is 1. The van der Waals surface area contributed by atoms with Gasteiger partial charge in [0.1, 0.15) is 5.75 Å². The summed E-state index contributed by atoms with van der Waals surface area (Å²) in [6.45, 7) is 10.2. The molecule has 1 aromatic carbocycles. The molecule has 86 valence electrons. The minimum absolute atomic E-state index is 0.873. The van der Waals surface area contributed by atoms with Crippen molar-refractivity contribution in [2.75, 3.05) is 20.2 Å². The highest BCUT2D eigenvalue weighted by Crippen LogP contribution is 2.12. The average Bonchev–Trinajstić information content (AvgIpc) is 2.31. The fourth-order valence-corrected chi connectivity index (χ4v) is 1.56. The normalized spacial score (nSPS) is 10.1. The summed E-state index contributed by atoms with van der Waals surface area (Å²) in [4.78, 5) is 2.27. The largest absolute Gasteiger partial charge is 0.497 e. The second-order valence-corrected chi connectivity index (χ2v) is 3.62. The van der Waals surface area contributed by atoms with Crippen molar-refractivity contribution in [1.82, 2.24) is 4.90 Å².